The zero-order chi connectivity index (χ0) is 28.5. The average molecular weight is 551 g/mol. The maximum Gasteiger partial charge on any atom is 0.343 e. The lowest BCUT2D eigenvalue weighted by atomic mass is 9.99. The molecule has 7 nitrogen and oxygen atoms in total. The molecule has 4 aromatic carbocycles. The Kier molecular flexibility index (Phi) is 7.20. The van der Waals surface area contributed by atoms with Gasteiger partial charge < -0.3 is 23.7 Å². The lowest BCUT2D eigenvalue weighted by Crippen LogP contribution is -2.18. The van der Waals surface area contributed by atoms with Crippen LogP contribution < -0.4 is 18.9 Å². The molecule has 1 saturated heterocycles. The fourth-order valence-corrected chi connectivity index (χ4v) is 5.06. The van der Waals surface area contributed by atoms with Crippen molar-refractivity contribution in [3.63, 3.8) is 0 Å². The summed E-state index contributed by atoms with van der Waals surface area (Å²) in [7, 11) is 0. The first kappa shape index (κ1) is 26.6. The van der Waals surface area contributed by atoms with Crippen LogP contribution in [0.2, 0.25) is 0 Å². The van der Waals surface area contributed by atoms with Gasteiger partial charge in [0.2, 0.25) is 0 Å². The van der Waals surface area contributed by atoms with Gasteiger partial charge in [-0.15, -0.1) is 0 Å². The first-order valence-corrected chi connectivity index (χ1v) is 13.7. The molecule has 1 heterocycles. The molecule has 3 unspecified atom stereocenters. The SMILES string of the molecule is CCOc1ccc(C(=O)Oc2ccc3c(c2)C(C)c2cc(OC(=O)c4ccc(OC(C)C5CO5)cc4)ccc2-3)cc1. The van der Waals surface area contributed by atoms with Gasteiger partial charge in [0, 0.05) is 5.92 Å². The van der Waals surface area contributed by atoms with Gasteiger partial charge in [0.15, 0.2) is 0 Å². The third-order valence-corrected chi connectivity index (χ3v) is 7.39. The van der Waals surface area contributed by atoms with E-state index in [0.29, 0.717) is 40.7 Å². The molecule has 6 rings (SSSR count). The fraction of sp³-hybridized carbons (Fsp3) is 0.235. The molecule has 0 radical (unpaired) electrons. The Balaban J connectivity index is 1.12. The van der Waals surface area contributed by atoms with Crippen LogP contribution in [0.25, 0.3) is 11.1 Å². The van der Waals surface area contributed by atoms with Gasteiger partial charge in [0.05, 0.1) is 24.3 Å². The fourth-order valence-electron chi connectivity index (χ4n) is 5.06. The van der Waals surface area contributed by atoms with E-state index in [1.165, 1.54) is 0 Å². The predicted octanol–water partition coefficient (Wildman–Crippen LogP) is 6.82. The topological polar surface area (TPSA) is 83.6 Å². The van der Waals surface area contributed by atoms with Crippen LogP contribution in [0.3, 0.4) is 0 Å². The molecule has 3 atom stereocenters. The molecule has 0 aromatic heterocycles. The van der Waals surface area contributed by atoms with Crippen molar-refractivity contribution in [3.05, 3.63) is 107 Å². The van der Waals surface area contributed by atoms with E-state index in [2.05, 4.69) is 6.92 Å². The number of epoxide rings is 1. The van der Waals surface area contributed by atoms with Gasteiger partial charge >= 0.3 is 11.9 Å². The number of esters is 2. The van der Waals surface area contributed by atoms with Gasteiger partial charge in [-0.1, -0.05) is 19.1 Å². The largest absolute Gasteiger partial charge is 0.494 e. The van der Waals surface area contributed by atoms with Crippen molar-refractivity contribution in [3.8, 4) is 34.1 Å². The summed E-state index contributed by atoms with van der Waals surface area (Å²) in [4.78, 5) is 25.6. The van der Waals surface area contributed by atoms with E-state index in [9.17, 15) is 9.59 Å². The van der Waals surface area contributed by atoms with Crippen LogP contribution in [-0.2, 0) is 4.74 Å². The van der Waals surface area contributed by atoms with E-state index in [1.807, 2.05) is 38.1 Å². The Labute approximate surface area is 238 Å². The maximum absolute atomic E-state index is 12.8. The minimum Gasteiger partial charge on any atom is -0.494 e. The molecule has 0 saturated carbocycles. The molecule has 0 bridgehead atoms. The van der Waals surface area contributed by atoms with Crippen molar-refractivity contribution in [2.75, 3.05) is 13.2 Å². The number of benzene rings is 4. The van der Waals surface area contributed by atoms with Crippen molar-refractivity contribution in [1.82, 2.24) is 0 Å². The summed E-state index contributed by atoms with van der Waals surface area (Å²) in [6, 6.07) is 25.1. The lowest BCUT2D eigenvalue weighted by molar-refractivity contribution is 0.0725. The summed E-state index contributed by atoms with van der Waals surface area (Å²) in [5, 5.41) is 0. The van der Waals surface area contributed by atoms with Gasteiger partial charge in [0.1, 0.15) is 35.2 Å². The smallest absolute Gasteiger partial charge is 0.343 e. The molecular formula is C34H30O7. The van der Waals surface area contributed by atoms with Crippen LogP contribution in [0.1, 0.15) is 58.5 Å². The standard InChI is InChI=1S/C34H30O7/c1-4-37-24-9-5-22(6-10-24)33(35)40-26-13-15-28-29-16-14-27(18-31(29)20(2)30(28)17-26)41-34(36)23-7-11-25(12-8-23)39-21(3)32-19-38-32/h5-18,20-21,32H,4,19H2,1-3H3. The molecule has 4 aromatic rings. The van der Waals surface area contributed by atoms with Gasteiger partial charge in [0.25, 0.3) is 0 Å². The second-order valence-corrected chi connectivity index (χ2v) is 10.2. The Morgan fingerprint density at radius 2 is 1.22 bits per heavy atom. The van der Waals surface area contributed by atoms with Crippen LogP contribution in [-0.4, -0.2) is 37.4 Å². The number of rotatable bonds is 9. The number of ether oxygens (including phenoxy) is 5. The van der Waals surface area contributed by atoms with Crippen LogP contribution in [0, 0.1) is 0 Å². The zero-order valence-electron chi connectivity index (χ0n) is 23.1. The monoisotopic (exact) mass is 550 g/mol. The number of hydrogen-bond donors (Lipinski definition) is 0. The summed E-state index contributed by atoms with van der Waals surface area (Å²) in [5.74, 6) is 1.47. The van der Waals surface area contributed by atoms with Gasteiger partial charge in [-0.25, -0.2) is 9.59 Å². The molecule has 2 aliphatic rings. The van der Waals surface area contributed by atoms with Crippen LogP contribution in [0.4, 0.5) is 0 Å². The minimum absolute atomic E-state index is 0.0247. The van der Waals surface area contributed by atoms with Crippen LogP contribution in [0.5, 0.6) is 23.0 Å². The van der Waals surface area contributed by atoms with Crippen molar-refractivity contribution >= 4 is 11.9 Å². The molecule has 0 N–H and O–H groups in total. The second-order valence-electron chi connectivity index (χ2n) is 10.2. The van der Waals surface area contributed by atoms with Crippen molar-refractivity contribution in [2.24, 2.45) is 0 Å². The van der Waals surface area contributed by atoms with E-state index >= 15 is 0 Å². The summed E-state index contributed by atoms with van der Waals surface area (Å²) < 4.78 is 27.9. The number of hydrogen-bond acceptors (Lipinski definition) is 7. The first-order chi connectivity index (χ1) is 19.9. The molecule has 208 valence electrons. The second kappa shape index (κ2) is 11.1. The molecule has 1 fully saturated rings. The Hall–Kier alpha value is -4.62. The summed E-state index contributed by atoms with van der Waals surface area (Å²) in [6.45, 7) is 7.23. The van der Waals surface area contributed by atoms with E-state index in [1.54, 1.807) is 60.7 Å². The molecule has 7 heteroatoms. The highest BCUT2D eigenvalue weighted by molar-refractivity contribution is 5.92. The van der Waals surface area contributed by atoms with Gasteiger partial charge in [-0.2, -0.15) is 0 Å². The lowest BCUT2D eigenvalue weighted by Gasteiger charge is -2.12. The molecule has 0 spiro atoms. The third kappa shape index (κ3) is 5.67. The summed E-state index contributed by atoms with van der Waals surface area (Å²) >= 11 is 0. The first-order valence-electron chi connectivity index (χ1n) is 13.7. The average Bonchev–Trinajstić information content (AvgIpc) is 3.80. The zero-order valence-corrected chi connectivity index (χ0v) is 23.1. The van der Waals surface area contributed by atoms with E-state index in [0.717, 1.165) is 28.9 Å². The van der Waals surface area contributed by atoms with Crippen molar-refractivity contribution in [1.29, 1.82) is 0 Å². The van der Waals surface area contributed by atoms with E-state index in [-0.39, 0.29) is 18.1 Å². The van der Waals surface area contributed by atoms with Crippen LogP contribution in [0.15, 0.2) is 84.9 Å². The maximum atomic E-state index is 12.8. The Bertz CT molecular complexity index is 1590. The number of carbonyl (C=O) groups excluding carboxylic acids is 2. The van der Waals surface area contributed by atoms with Crippen LogP contribution >= 0.6 is 0 Å². The highest BCUT2D eigenvalue weighted by atomic mass is 16.6. The van der Waals surface area contributed by atoms with Crippen molar-refractivity contribution in [2.45, 2.75) is 38.9 Å². The normalized spacial score (nSPS) is 17.1. The Morgan fingerprint density at radius 1 is 0.756 bits per heavy atom. The molecule has 1 aliphatic carbocycles. The molecular weight excluding hydrogens is 520 g/mol. The minimum atomic E-state index is -0.443. The van der Waals surface area contributed by atoms with E-state index < -0.39 is 11.9 Å². The molecule has 41 heavy (non-hydrogen) atoms. The predicted molar refractivity (Wildman–Crippen MR) is 153 cm³/mol. The number of carbonyl (C=O) groups is 2. The van der Waals surface area contributed by atoms with Gasteiger partial charge in [-0.3, -0.25) is 0 Å². The Morgan fingerprint density at radius 3 is 1.68 bits per heavy atom. The molecule has 1 aliphatic heterocycles. The van der Waals surface area contributed by atoms with E-state index in [4.69, 9.17) is 23.7 Å². The quantitative estimate of drug-likeness (QED) is 0.128. The van der Waals surface area contributed by atoms with Crippen molar-refractivity contribution < 1.29 is 33.3 Å². The summed E-state index contributed by atoms with van der Waals surface area (Å²) in [6.07, 6.45) is 0.102. The highest BCUT2D eigenvalue weighted by Crippen LogP contribution is 2.47. The highest BCUT2D eigenvalue weighted by Gasteiger charge is 2.31. The third-order valence-electron chi connectivity index (χ3n) is 7.39. The molecule has 0 amide bonds. The number of fused-ring (bicyclic) bond motifs is 3. The summed E-state index contributed by atoms with van der Waals surface area (Å²) in [5.41, 5.74) is 5.09. The van der Waals surface area contributed by atoms with Gasteiger partial charge in [-0.05, 0) is 109 Å².